The minimum absolute atomic E-state index is 0.112. The summed E-state index contributed by atoms with van der Waals surface area (Å²) in [6, 6.07) is 3.74. The van der Waals surface area contributed by atoms with Crippen LogP contribution in [0.15, 0.2) is 29.2 Å². The Morgan fingerprint density at radius 3 is 2.32 bits per heavy atom. The molecule has 0 saturated carbocycles. The van der Waals surface area contributed by atoms with E-state index in [0.717, 1.165) is 30.7 Å². The molecule has 1 aliphatic heterocycles. The van der Waals surface area contributed by atoms with Gasteiger partial charge in [-0.05, 0) is 50.8 Å². The third kappa shape index (κ3) is 3.84. The van der Waals surface area contributed by atoms with Crippen LogP contribution >= 0.6 is 0 Å². The van der Waals surface area contributed by atoms with E-state index in [-0.39, 0.29) is 4.90 Å². The molecule has 1 aliphatic rings. The zero-order valence-corrected chi connectivity index (χ0v) is 14.8. The van der Waals surface area contributed by atoms with Crippen LogP contribution in [0.3, 0.4) is 0 Å². The van der Waals surface area contributed by atoms with Gasteiger partial charge in [-0.2, -0.15) is 17.5 Å². The van der Waals surface area contributed by atoms with E-state index in [1.165, 1.54) is 4.31 Å². The van der Waals surface area contributed by atoms with Crippen LogP contribution in [-0.4, -0.2) is 36.6 Å². The number of halogens is 3. The van der Waals surface area contributed by atoms with Crippen molar-refractivity contribution >= 4 is 10.0 Å². The normalized spacial score (nSPS) is 21.9. The lowest BCUT2D eigenvalue weighted by molar-refractivity contribution is -0.258. The predicted molar refractivity (Wildman–Crippen MR) is 87.0 cm³/mol. The van der Waals surface area contributed by atoms with Gasteiger partial charge < -0.3 is 5.11 Å². The van der Waals surface area contributed by atoms with E-state index in [4.69, 9.17) is 0 Å². The molecule has 0 bridgehead atoms. The molecule has 1 saturated heterocycles. The number of hydrogen-bond donors (Lipinski definition) is 1. The SMILES string of the molecule is CC#CC1CCCCN1S(=O)(=O)c1ccc(C(C)(O)C(F)(F)F)cc1. The summed E-state index contributed by atoms with van der Waals surface area (Å²) in [4.78, 5) is -0.112. The first kappa shape index (κ1) is 19.8. The molecule has 0 aliphatic carbocycles. The highest BCUT2D eigenvalue weighted by Gasteiger charge is 2.51. The van der Waals surface area contributed by atoms with Crippen molar-refractivity contribution < 1.29 is 26.7 Å². The molecule has 0 spiro atoms. The highest BCUT2D eigenvalue weighted by molar-refractivity contribution is 7.89. The van der Waals surface area contributed by atoms with Crippen molar-refractivity contribution in [2.75, 3.05) is 6.54 Å². The molecule has 25 heavy (non-hydrogen) atoms. The lowest BCUT2D eigenvalue weighted by atomic mass is 9.96. The van der Waals surface area contributed by atoms with Gasteiger partial charge in [0.2, 0.25) is 10.0 Å². The quantitative estimate of drug-likeness (QED) is 0.827. The van der Waals surface area contributed by atoms with Crippen LogP contribution in [0.1, 0.15) is 38.7 Å². The highest BCUT2D eigenvalue weighted by atomic mass is 32.2. The summed E-state index contributed by atoms with van der Waals surface area (Å²) in [7, 11) is -3.86. The van der Waals surface area contributed by atoms with Crippen molar-refractivity contribution in [3.05, 3.63) is 29.8 Å². The van der Waals surface area contributed by atoms with Crippen molar-refractivity contribution in [3.8, 4) is 11.8 Å². The lowest BCUT2D eigenvalue weighted by Crippen LogP contribution is -2.43. The zero-order chi connectivity index (χ0) is 18.9. The van der Waals surface area contributed by atoms with Crippen LogP contribution in [0.2, 0.25) is 0 Å². The fourth-order valence-corrected chi connectivity index (χ4v) is 4.37. The van der Waals surface area contributed by atoms with E-state index >= 15 is 0 Å². The summed E-state index contributed by atoms with van der Waals surface area (Å²) in [5.74, 6) is 5.60. The van der Waals surface area contributed by atoms with Crippen molar-refractivity contribution in [1.82, 2.24) is 4.31 Å². The third-order valence-corrected chi connectivity index (χ3v) is 6.26. The van der Waals surface area contributed by atoms with E-state index in [2.05, 4.69) is 11.8 Å². The number of sulfonamides is 1. The standard InChI is InChI=1S/C17H20F3NO3S/c1-3-6-14-7-4-5-12-21(14)25(23,24)15-10-8-13(9-11-15)16(2,22)17(18,19)20/h8-11,14,22H,4-5,7,12H2,1-2H3. The Morgan fingerprint density at radius 2 is 1.80 bits per heavy atom. The number of nitrogens with zero attached hydrogens (tertiary/aromatic N) is 1. The predicted octanol–water partition coefficient (Wildman–Crippen LogP) is 3.02. The van der Waals surface area contributed by atoms with Gasteiger partial charge in [0.15, 0.2) is 5.60 Å². The molecule has 2 unspecified atom stereocenters. The molecule has 0 amide bonds. The molecule has 0 radical (unpaired) electrons. The molecule has 8 heteroatoms. The van der Waals surface area contributed by atoms with Crippen molar-refractivity contribution in [3.63, 3.8) is 0 Å². The van der Waals surface area contributed by atoms with E-state index in [9.17, 15) is 26.7 Å². The van der Waals surface area contributed by atoms with E-state index in [0.29, 0.717) is 26.3 Å². The smallest absolute Gasteiger partial charge is 0.376 e. The van der Waals surface area contributed by atoms with E-state index in [1.54, 1.807) is 6.92 Å². The topological polar surface area (TPSA) is 57.6 Å². The van der Waals surface area contributed by atoms with Crippen LogP contribution in [0.25, 0.3) is 0 Å². The molecule has 1 fully saturated rings. The average molecular weight is 375 g/mol. The molecule has 1 aromatic carbocycles. The summed E-state index contributed by atoms with van der Waals surface area (Å²) in [5.41, 5.74) is -3.46. The fraction of sp³-hybridized carbons (Fsp3) is 0.529. The first-order valence-corrected chi connectivity index (χ1v) is 9.29. The van der Waals surface area contributed by atoms with Crippen LogP contribution in [0, 0.1) is 11.8 Å². The first-order chi connectivity index (χ1) is 11.5. The van der Waals surface area contributed by atoms with Crippen molar-refractivity contribution in [2.24, 2.45) is 0 Å². The van der Waals surface area contributed by atoms with Gasteiger partial charge in [-0.25, -0.2) is 8.42 Å². The molecule has 2 atom stereocenters. The Hall–Kier alpha value is -1.56. The van der Waals surface area contributed by atoms with Gasteiger partial charge in [0, 0.05) is 6.54 Å². The summed E-state index contributed by atoms with van der Waals surface area (Å²) in [5, 5.41) is 9.67. The second kappa shape index (κ2) is 6.98. The Balaban J connectivity index is 2.36. The molecule has 1 aromatic rings. The summed E-state index contributed by atoms with van der Waals surface area (Å²) < 4.78 is 65.6. The fourth-order valence-electron chi connectivity index (χ4n) is 2.75. The number of benzene rings is 1. The minimum Gasteiger partial charge on any atom is -0.376 e. The molecule has 0 aromatic heterocycles. The van der Waals surface area contributed by atoms with Gasteiger partial charge in [-0.1, -0.05) is 18.1 Å². The van der Waals surface area contributed by atoms with E-state index < -0.39 is 33.4 Å². The number of piperidine rings is 1. The summed E-state index contributed by atoms with van der Waals surface area (Å²) in [6.45, 7) is 2.59. The Kier molecular flexibility index (Phi) is 5.52. The van der Waals surface area contributed by atoms with Crippen LogP contribution in [0.5, 0.6) is 0 Å². The van der Waals surface area contributed by atoms with Gasteiger partial charge in [-0.15, -0.1) is 5.92 Å². The monoisotopic (exact) mass is 375 g/mol. The Bertz CT molecular complexity index is 774. The number of aliphatic hydroxyl groups is 1. The molecule has 1 heterocycles. The Labute approximate surface area is 145 Å². The van der Waals surface area contributed by atoms with Crippen LogP contribution in [-0.2, 0) is 15.6 Å². The van der Waals surface area contributed by atoms with Crippen LogP contribution < -0.4 is 0 Å². The third-order valence-electron chi connectivity index (χ3n) is 4.34. The van der Waals surface area contributed by atoms with Crippen molar-refractivity contribution in [2.45, 2.75) is 55.8 Å². The second-order valence-corrected chi connectivity index (χ2v) is 8.01. The van der Waals surface area contributed by atoms with Gasteiger partial charge in [0.1, 0.15) is 0 Å². The molecule has 1 N–H and O–H groups in total. The van der Waals surface area contributed by atoms with E-state index in [1.807, 2.05) is 0 Å². The molecule has 138 valence electrons. The molecular formula is C17H20F3NO3S. The maximum atomic E-state index is 12.9. The zero-order valence-electron chi connectivity index (χ0n) is 14.0. The van der Waals surface area contributed by atoms with Crippen molar-refractivity contribution in [1.29, 1.82) is 0 Å². The van der Waals surface area contributed by atoms with Gasteiger partial charge in [0.25, 0.3) is 0 Å². The highest BCUT2D eigenvalue weighted by Crippen LogP contribution is 2.38. The first-order valence-electron chi connectivity index (χ1n) is 7.85. The maximum absolute atomic E-state index is 12.9. The van der Waals surface area contributed by atoms with Gasteiger partial charge in [-0.3, -0.25) is 0 Å². The average Bonchev–Trinajstić information content (AvgIpc) is 2.54. The lowest BCUT2D eigenvalue weighted by Gasteiger charge is -2.32. The number of hydrogen-bond acceptors (Lipinski definition) is 3. The maximum Gasteiger partial charge on any atom is 0.421 e. The summed E-state index contributed by atoms with van der Waals surface area (Å²) >= 11 is 0. The molecular weight excluding hydrogens is 355 g/mol. The number of alkyl halides is 3. The largest absolute Gasteiger partial charge is 0.421 e. The molecule has 2 rings (SSSR count). The van der Waals surface area contributed by atoms with Gasteiger partial charge in [0.05, 0.1) is 10.9 Å². The summed E-state index contributed by atoms with van der Waals surface area (Å²) in [6.07, 6.45) is -2.65. The number of rotatable bonds is 3. The molecule has 4 nitrogen and oxygen atoms in total. The minimum atomic E-state index is -4.86. The van der Waals surface area contributed by atoms with Crippen LogP contribution in [0.4, 0.5) is 13.2 Å². The second-order valence-electron chi connectivity index (χ2n) is 6.12. The Morgan fingerprint density at radius 1 is 1.20 bits per heavy atom. The van der Waals surface area contributed by atoms with Gasteiger partial charge >= 0.3 is 6.18 Å².